The third-order valence-corrected chi connectivity index (χ3v) is 3.75. The Morgan fingerprint density at radius 3 is 2.92 bits per heavy atom. The van der Waals surface area contributed by atoms with Crippen LogP contribution in [-0.4, -0.2) is 51.3 Å². The van der Waals surface area contributed by atoms with Crippen LogP contribution in [0, 0.1) is 0 Å². The molecular formula is C17H17N5O3. The first-order chi connectivity index (χ1) is 12.3. The monoisotopic (exact) mass is 339 g/mol. The number of hydrogen-bond donors (Lipinski definition) is 0. The van der Waals surface area contributed by atoms with Crippen molar-refractivity contribution in [3.8, 4) is 23.0 Å². The molecule has 0 fully saturated rings. The first-order valence-electron chi connectivity index (χ1n) is 7.94. The molecule has 3 aromatic rings. The number of fused-ring (bicyclic) bond motifs is 1. The van der Waals surface area contributed by atoms with Crippen LogP contribution in [0.15, 0.2) is 47.4 Å². The van der Waals surface area contributed by atoms with Gasteiger partial charge in [-0.15, -0.1) is 0 Å². The van der Waals surface area contributed by atoms with E-state index < -0.39 is 0 Å². The standard InChI is InChI=1S/C17H17N5O3/c1-22(9-12-11-23-14-4-2-3-5-15(14)24-12)10-16-20-17(21-25-16)13-8-18-6-7-19-13/h2-8,12H,9-11H2,1H3. The highest BCUT2D eigenvalue weighted by atomic mass is 16.6. The van der Waals surface area contributed by atoms with Gasteiger partial charge in [0.25, 0.3) is 0 Å². The number of benzene rings is 1. The highest BCUT2D eigenvalue weighted by molar-refractivity contribution is 5.45. The summed E-state index contributed by atoms with van der Waals surface area (Å²) < 4.78 is 17.0. The molecule has 0 bridgehead atoms. The SMILES string of the molecule is CN(Cc1nc(-c2cnccn2)no1)CC1COc2ccccc2O1. The summed E-state index contributed by atoms with van der Waals surface area (Å²) in [7, 11) is 1.97. The number of rotatable bonds is 5. The van der Waals surface area contributed by atoms with Crippen molar-refractivity contribution in [2.45, 2.75) is 12.6 Å². The molecule has 0 spiro atoms. The summed E-state index contributed by atoms with van der Waals surface area (Å²) in [5, 5.41) is 3.94. The molecule has 0 saturated carbocycles. The lowest BCUT2D eigenvalue weighted by Crippen LogP contribution is -2.39. The highest BCUT2D eigenvalue weighted by Crippen LogP contribution is 2.31. The van der Waals surface area contributed by atoms with Crippen molar-refractivity contribution in [2.24, 2.45) is 0 Å². The van der Waals surface area contributed by atoms with Gasteiger partial charge in [0, 0.05) is 18.9 Å². The minimum Gasteiger partial charge on any atom is -0.486 e. The van der Waals surface area contributed by atoms with E-state index in [1.54, 1.807) is 18.6 Å². The molecule has 1 aliphatic heterocycles. The van der Waals surface area contributed by atoms with Crippen LogP contribution in [-0.2, 0) is 6.54 Å². The number of nitrogens with zero attached hydrogens (tertiary/aromatic N) is 5. The zero-order valence-corrected chi connectivity index (χ0v) is 13.7. The van der Waals surface area contributed by atoms with Crippen LogP contribution in [0.4, 0.5) is 0 Å². The van der Waals surface area contributed by atoms with Gasteiger partial charge in [-0.05, 0) is 19.2 Å². The summed E-state index contributed by atoms with van der Waals surface area (Å²) in [6.45, 7) is 1.70. The highest BCUT2D eigenvalue weighted by Gasteiger charge is 2.22. The molecule has 0 saturated heterocycles. The van der Waals surface area contributed by atoms with Gasteiger partial charge in [0.2, 0.25) is 11.7 Å². The Bertz CT molecular complexity index is 839. The third-order valence-electron chi connectivity index (χ3n) is 3.75. The van der Waals surface area contributed by atoms with Crippen molar-refractivity contribution in [3.05, 3.63) is 48.7 Å². The van der Waals surface area contributed by atoms with Gasteiger partial charge in [-0.2, -0.15) is 4.98 Å². The van der Waals surface area contributed by atoms with Gasteiger partial charge in [0.05, 0.1) is 12.7 Å². The minimum atomic E-state index is -0.0534. The van der Waals surface area contributed by atoms with Crippen LogP contribution < -0.4 is 9.47 Å². The normalized spacial score (nSPS) is 16.2. The molecule has 0 amide bonds. The molecular weight excluding hydrogens is 322 g/mol. The lowest BCUT2D eigenvalue weighted by atomic mass is 10.2. The summed E-state index contributed by atoms with van der Waals surface area (Å²) in [4.78, 5) is 14.6. The van der Waals surface area contributed by atoms with Gasteiger partial charge in [0.15, 0.2) is 11.5 Å². The van der Waals surface area contributed by atoms with Crippen LogP contribution in [0.25, 0.3) is 11.5 Å². The van der Waals surface area contributed by atoms with E-state index in [-0.39, 0.29) is 6.10 Å². The second-order valence-electron chi connectivity index (χ2n) is 5.80. The lowest BCUT2D eigenvalue weighted by molar-refractivity contribution is 0.0613. The van der Waals surface area contributed by atoms with Crippen LogP contribution in [0.5, 0.6) is 11.5 Å². The van der Waals surface area contributed by atoms with Gasteiger partial charge in [-0.1, -0.05) is 17.3 Å². The maximum atomic E-state index is 5.96. The minimum absolute atomic E-state index is 0.0534. The second-order valence-corrected chi connectivity index (χ2v) is 5.80. The Morgan fingerprint density at radius 2 is 2.08 bits per heavy atom. The number of aromatic nitrogens is 4. The van der Waals surface area contributed by atoms with E-state index in [2.05, 4.69) is 25.0 Å². The lowest BCUT2D eigenvalue weighted by Gasteiger charge is -2.29. The third kappa shape index (κ3) is 3.58. The van der Waals surface area contributed by atoms with Crippen molar-refractivity contribution < 1.29 is 14.0 Å². The molecule has 0 radical (unpaired) electrons. The number of ether oxygens (including phenoxy) is 2. The molecule has 3 heterocycles. The number of likely N-dealkylation sites (N-methyl/N-ethyl adjacent to an activating group) is 1. The van der Waals surface area contributed by atoms with Crippen LogP contribution in [0.3, 0.4) is 0 Å². The Balaban J connectivity index is 1.35. The van der Waals surface area contributed by atoms with E-state index >= 15 is 0 Å². The Kier molecular flexibility index (Phi) is 4.26. The first kappa shape index (κ1) is 15.5. The molecule has 25 heavy (non-hydrogen) atoms. The summed E-state index contributed by atoms with van der Waals surface area (Å²) >= 11 is 0. The second kappa shape index (κ2) is 6.86. The fourth-order valence-corrected chi connectivity index (χ4v) is 2.63. The molecule has 0 N–H and O–H groups in total. The van der Waals surface area contributed by atoms with Gasteiger partial charge in [0.1, 0.15) is 18.4 Å². The zero-order valence-electron chi connectivity index (χ0n) is 13.7. The van der Waals surface area contributed by atoms with Crippen molar-refractivity contribution in [2.75, 3.05) is 20.2 Å². The predicted octanol–water partition coefficient (Wildman–Crippen LogP) is 1.80. The van der Waals surface area contributed by atoms with E-state index in [0.29, 0.717) is 37.1 Å². The molecule has 1 atom stereocenters. The Labute approximate surface area is 144 Å². The molecule has 1 aliphatic rings. The van der Waals surface area contributed by atoms with Crippen LogP contribution >= 0.6 is 0 Å². The van der Waals surface area contributed by atoms with E-state index in [9.17, 15) is 0 Å². The molecule has 1 aromatic carbocycles. The molecule has 1 unspecified atom stereocenters. The first-order valence-corrected chi connectivity index (χ1v) is 7.94. The van der Waals surface area contributed by atoms with Crippen molar-refractivity contribution in [3.63, 3.8) is 0 Å². The van der Waals surface area contributed by atoms with Gasteiger partial charge in [-0.3, -0.25) is 9.88 Å². The fourth-order valence-electron chi connectivity index (χ4n) is 2.63. The Hall–Kier alpha value is -3.00. The van der Waals surface area contributed by atoms with Gasteiger partial charge < -0.3 is 14.0 Å². The molecule has 8 heteroatoms. The van der Waals surface area contributed by atoms with E-state index in [1.165, 1.54) is 0 Å². The molecule has 128 valence electrons. The van der Waals surface area contributed by atoms with E-state index in [1.807, 2.05) is 31.3 Å². The summed E-state index contributed by atoms with van der Waals surface area (Å²) in [5.74, 6) is 2.50. The summed E-state index contributed by atoms with van der Waals surface area (Å²) in [6, 6.07) is 7.67. The molecule has 0 aliphatic carbocycles. The molecule has 2 aromatic heterocycles. The Morgan fingerprint density at radius 1 is 1.20 bits per heavy atom. The predicted molar refractivity (Wildman–Crippen MR) is 88.0 cm³/mol. The van der Waals surface area contributed by atoms with Crippen LogP contribution in [0.2, 0.25) is 0 Å². The maximum absolute atomic E-state index is 5.96. The van der Waals surface area contributed by atoms with Crippen molar-refractivity contribution in [1.82, 2.24) is 25.0 Å². The average molecular weight is 339 g/mol. The maximum Gasteiger partial charge on any atom is 0.241 e. The molecule has 8 nitrogen and oxygen atoms in total. The zero-order chi connectivity index (χ0) is 17.1. The van der Waals surface area contributed by atoms with Crippen molar-refractivity contribution in [1.29, 1.82) is 0 Å². The largest absolute Gasteiger partial charge is 0.486 e. The molecule has 4 rings (SSSR count). The smallest absolute Gasteiger partial charge is 0.241 e. The van der Waals surface area contributed by atoms with Gasteiger partial charge in [-0.25, -0.2) is 4.98 Å². The summed E-state index contributed by atoms with van der Waals surface area (Å²) in [6.07, 6.45) is 4.74. The van der Waals surface area contributed by atoms with Crippen LogP contribution in [0.1, 0.15) is 5.89 Å². The fraction of sp³-hybridized carbons (Fsp3) is 0.294. The van der Waals surface area contributed by atoms with E-state index in [0.717, 1.165) is 11.5 Å². The number of hydrogen-bond acceptors (Lipinski definition) is 8. The van der Waals surface area contributed by atoms with Gasteiger partial charge >= 0.3 is 0 Å². The topological polar surface area (TPSA) is 86.4 Å². The van der Waals surface area contributed by atoms with Crippen molar-refractivity contribution >= 4 is 0 Å². The number of para-hydroxylation sites is 2. The van der Waals surface area contributed by atoms with E-state index in [4.69, 9.17) is 14.0 Å². The summed E-state index contributed by atoms with van der Waals surface area (Å²) in [5.41, 5.74) is 0.584. The average Bonchev–Trinajstić information content (AvgIpc) is 3.10. The quantitative estimate of drug-likeness (QED) is 0.695.